The number of rotatable bonds is 1. The summed E-state index contributed by atoms with van der Waals surface area (Å²) < 4.78 is 36.6. The van der Waals surface area contributed by atoms with Crippen molar-refractivity contribution in [1.82, 2.24) is 9.55 Å². The summed E-state index contributed by atoms with van der Waals surface area (Å²) in [5, 5.41) is 0. The Kier molecular flexibility index (Phi) is 1.89. The Morgan fingerprint density at radius 1 is 1.55 bits per heavy atom. The van der Waals surface area contributed by atoms with Gasteiger partial charge in [-0.1, -0.05) is 0 Å². The zero-order chi connectivity index (χ0) is 8.48. The summed E-state index contributed by atoms with van der Waals surface area (Å²) >= 11 is 0. The molecule has 2 nitrogen and oxygen atoms in total. The average molecular weight is 164 g/mol. The van der Waals surface area contributed by atoms with Crippen LogP contribution in [0.1, 0.15) is 5.82 Å². The first-order chi connectivity index (χ1) is 4.99. The number of halogens is 3. The van der Waals surface area contributed by atoms with E-state index in [9.17, 15) is 13.2 Å². The Labute approximate surface area is 61.7 Å². The van der Waals surface area contributed by atoms with Crippen LogP contribution in [0.4, 0.5) is 13.2 Å². The van der Waals surface area contributed by atoms with Crippen molar-refractivity contribution in [3.05, 3.63) is 18.2 Å². The van der Waals surface area contributed by atoms with Crippen LogP contribution in [0.25, 0.3) is 0 Å². The Morgan fingerprint density at radius 3 is 2.55 bits per heavy atom. The van der Waals surface area contributed by atoms with Gasteiger partial charge in [-0.05, 0) is 0 Å². The minimum Gasteiger partial charge on any atom is -0.338 e. The summed E-state index contributed by atoms with van der Waals surface area (Å²) in [7, 11) is 1.54. The molecule has 0 N–H and O–H groups in total. The summed E-state index contributed by atoms with van der Waals surface area (Å²) in [5.41, 5.74) is 0. The van der Waals surface area contributed by atoms with Gasteiger partial charge in [0, 0.05) is 19.4 Å². The smallest absolute Gasteiger partial charge is 0.338 e. The van der Waals surface area contributed by atoms with Crippen molar-refractivity contribution in [2.45, 2.75) is 12.6 Å². The van der Waals surface area contributed by atoms with Gasteiger partial charge in [-0.15, -0.1) is 0 Å². The molecule has 0 amide bonds. The van der Waals surface area contributed by atoms with E-state index in [1.807, 2.05) is 0 Å². The van der Waals surface area contributed by atoms with E-state index in [2.05, 4.69) is 4.98 Å². The summed E-state index contributed by atoms with van der Waals surface area (Å²) in [5.74, 6) is 0.0394. The first kappa shape index (κ1) is 8.10. The van der Waals surface area contributed by atoms with Gasteiger partial charge in [-0.3, -0.25) is 0 Å². The zero-order valence-electron chi connectivity index (χ0n) is 5.89. The molecule has 0 fully saturated rings. The molecule has 1 rings (SSSR count). The van der Waals surface area contributed by atoms with Crippen molar-refractivity contribution < 1.29 is 13.2 Å². The lowest BCUT2D eigenvalue weighted by atomic mass is 10.4. The van der Waals surface area contributed by atoms with Gasteiger partial charge >= 0.3 is 6.18 Å². The molecule has 1 heterocycles. The Balaban J connectivity index is 2.72. The van der Waals surface area contributed by atoms with Gasteiger partial charge in [-0.25, -0.2) is 4.98 Å². The van der Waals surface area contributed by atoms with E-state index in [4.69, 9.17) is 0 Å². The van der Waals surface area contributed by atoms with Crippen molar-refractivity contribution in [3.63, 3.8) is 0 Å². The van der Waals surface area contributed by atoms with Crippen molar-refractivity contribution >= 4 is 0 Å². The van der Waals surface area contributed by atoms with Crippen LogP contribution in [0.3, 0.4) is 0 Å². The number of nitrogens with zero attached hydrogens (tertiary/aromatic N) is 2. The molecule has 0 spiro atoms. The molecule has 0 radical (unpaired) electrons. The number of hydrogen-bond donors (Lipinski definition) is 0. The lowest BCUT2D eigenvalue weighted by Crippen LogP contribution is -2.14. The number of imidazole rings is 1. The fraction of sp³-hybridized carbons (Fsp3) is 0.500. The molecule has 0 saturated heterocycles. The molecule has 0 aliphatic rings. The van der Waals surface area contributed by atoms with Crippen molar-refractivity contribution in [2.75, 3.05) is 0 Å². The van der Waals surface area contributed by atoms with Gasteiger partial charge in [0.05, 0.1) is 0 Å². The van der Waals surface area contributed by atoms with E-state index in [1.54, 1.807) is 0 Å². The van der Waals surface area contributed by atoms with E-state index >= 15 is 0 Å². The second-order valence-corrected chi connectivity index (χ2v) is 2.25. The normalized spacial score (nSPS) is 12.0. The maximum Gasteiger partial charge on any atom is 0.396 e. The van der Waals surface area contributed by atoms with E-state index in [-0.39, 0.29) is 5.82 Å². The number of hydrogen-bond acceptors (Lipinski definition) is 1. The molecular weight excluding hydrogens is 157 g/mol. The molecule has 5 heteroatoms. The summed E-state index contributed by atoms with van der Waals surface area (Å²) in [6, 6.07) is 0. The third-order valence-electron chi connectivity index (χ3n) is 1.28. The molecular formula is C6H7F3N2. The predicted octanol–water partition coefficient (Wildman–Crippen LogP) is 1.52. The Hall–Kier alpha value is -1.00. The first-order valence-electron chi connectivity index (χ1n) is 3.02. The first-order valence-corrected chi connectivity index (χ1v) is 3.02. The van der Waals surface area contributed by atoms with E-state index in [0.717, 1.165) is 0 Å². The minimum atomic E-state index is -4.17. The van der Waals surface area contributed by atoms with Crippen molar-refractivity contribution in [2.24, 2.45) is 7.05 Å². The molecule has 0 aliphatic carbocycles. The second-order valence-electron chi connectivity index (χ2n) is 2.25. The van der Waals surface area contributed by atoms with E-state index in [0.29, 0.717) is 0 Å². The van der Waals surface area contributed by atoms with Gasteiger partial charge in [0.2, 0.25) is 0 Å². The topological polar surface area (TPSA) is 17.8 Å². The van der Waals surface area contributed by atoms with Gasteiger partial charge in [0.25, 0.3) is 0 Å². The van der Waals surface area contributed by atoms with Crippen LogP contribution in [0.5, 0.6) is 0 Å². The van der Waals surface area contributed by atoms with E-state index < -0.39 is 12.6 Å². The molecule has 0 aromatic carbocycles. The van der Waals surface area contributed by atoms with Gasteiger partial charge in [-0.2, -0.15) is 13.2 Å². The molecule has 1 aromatic rings. The minimum absolute atomic E-state index is 0.0394. The monoisotopic (exact) mass is 164 g/mol. The lowest BCUT2D eigenvalue weighted by molar-refractivity contribution is -0.128. The standard InChI is InChI=1S/C6H7F3N2/c1-11-3-2-10-5(11)4-6(7,8)9/h2-3H,4H2,1H3. The fourth-order valence-electron chi connectivity index (χ4n) is 0.746. The lowest BCUT2D eigenvalue weighted by Gasteiger charge is -2.04. The Morgan fingerprint density at radius 2 is 2.18 bits per heavy atom. The molecule has 0 aliphatic heterocycles. The van der Waals surface area contributed by atoms with Crippen LogP contribution in [0.15, 0.2) is 12.4 Å². The molecule has 0 saturated carbocycles. The predicted molar refractivity (Wildman–Crippen MR) is 33.0 cm³/mol. The van der Waals surface area contributed by atoms with Crippen LogP contribution in [-0.4, -0.2) is 15.7 Å². The molecule has 62 valence electrons. The third kappa shape index (κ3) is 2.25. The van der Waals surface area contributed by atoms with Crippen molar-refractivity contribution in [3.8, 4) is 0 Å². The number of aryl methyl sites for hydroxylation is 1. The third-order valence-corrected chi connectivity index (χ3v) is 1.28. The highest BCUT2D eigenvalue weighted by atomic mass is 19.4. The van der Waals surface area contributed by atoms with Crippen LogP contribution in [-0.2, 0) is 13.5 Å². The zero-order valence-corrected chi connectivity index (χ0v) is 5.89. The average Bonchev–Trinajstić information content (AvgIpc) is 2.12. The van der Waals surface area contributed by atoms with Gasteiger partial charge < -0.3 is 4.57 Å². The molecule has 0 bridgehead atoms. The van der Waals surface area contributed by atoms with Gasteiger partial charge in [0.1, 0.15) is 12.2 Å². The molecule has 1 aromatic heterocycles. The van der Waals surface area contributed by atoms with Crippen LogP contribution in [0, 0.1) is 0 Å². The van der Waals surface area contributed by atoms with Crippen LogP contribution in [0.2, 0.25) is 0 Å². The molecule has 0 atom stereocenters. The summed E-state index contributed by atoms with van der Waals surface area (Å²) in [6.07, 6.45) is -2.29. The summed E-state index contributed by atoms with van der Waals surface area (Å²) in [4.78, 5) is 3.54. The highest BCUT2D eigenvalue weighted by molar-refractivity contribution is 4.92. The fourth-order valence-corrected chi connectivity index (χ4v) is 0.746. The largest absolute Gasteiger partial charge is 0.396 e. The quantitative estimate of drug-likeness (QED) is 0.615. The van der Waals surface area contributed by atoms with Crippen LogP contribution >= 0.6 is 0 Å². The second kappa shape index (κ2) is 2.56. The van der Waals surface area contributed by atoms with Gasteiger partial charge in [0.15, 0.2) is 0 Å². The maximum absolute atomic E-state index is 11.7. The summed E-state index contributed by atoms with van der Waals surface area (Å²) in [6.45, 7) is 0. The van der Waals surface area contributed by atoms with Crippen LogP contribution < -0.4 is 0 Å². The highest BCUT2D eigenvalue weighted by Gasteiger charge is 2.29. The molecule has 11 heavy (non-hydrogen) atoms. The Bertz CT molecular complexity index is 238. The number of aromatic nitrogens is 2. The molecule has 0 unspecified atom stereocenters. The van der Waals surface area contributed by atoms with Crippen molar-refractivity contribution in [1.29, 1.82) is 0 Å². The maximum atomic E-state index is 11.7. The SMILES string of the molecule is Cn1ccnc1CC(F)(F)F. The highest BCUT2D eigenvalue weighted by Crippen LogP contribution is 2.19. The number of alkyl halides is 3. The van der Waals surface area contributed by atoms with E-state index in [1.165, 1.54) is 24.0 Å².